The highest BCUT2D eigenvalue weighted by Crippen LogP contribution is 2.42. The third-order valence-electron chi connectivity index (χ3n) is 6.21. The molecule has 2 heterocycles. The molecule has 0 bridgehead atoms. The van der Waals surface area contributed by atoms with Crippen molar-refractivity contribution < 1.29 is 23.9 Å². The van der Waals surface area contributed by atoms with E-state index >= 15 is 0 Å². The highest BCUT2D eigenvalue weighted by Gasteiger charge is 2.30. The number of Topliss-reactive ketones (excluding diaryl/α,β-unsaturated/α-hetero) is 1. The fourth-order valence-corrected chi connectivity index (χ4v) is 5.17. The third-order valence-corrected chi connectivity index (χ3v) is 7.12. The van der Waals surface area contributed by atoms with E-state index in [4.69, 9.17) is 14.2 Å². The summed E-state index contributed by atoms with van der Waals surface area (Å²) in [6.45, 7) is 0. The number of hydrogen-bond donors (Lipinski definition) is 0. The highest BCUT2D eigenvalue weighted by molar-refractivity contribution is 7.98. The van der Waals surface area contributed by atoms with Crippen molar-refractivity contribution in [2.45, 2.75) is 29.7 Å². The van der Waals surface area contributed by atoms with Gasteiger partial charge in [0.05, 0.1) is 37.5 Å². The minimum atomic E-state index is -0.422. The van der Waals surface area contributed by atoms with Crippen LogP contribution in [0.2, 0.25) is 0 Å². The summed E-state index contributed by atoms with van der Waals surface area (Å²) in [7, 11) is 4.66. The van der Waals surface area contributed by atoms with Gasteiger partial charge in [0.1, 0.15) is 0 Å². The summed E-state index contributed by atoms with van der Waals surface area (Å²) in [5, 5.41) is 15.9. The number of aromatic nitrogens is 4. The predicted octanol–water partition coefficient (Wildman–Crippen LogP) is 4.26. The van der Waals surface area contributed by atoms with Gasteiger partial charge in [0, 0.05) is 30.5 Å². The summed E-state index contributed by atoms with van der Waals surface area (Å²) in [5.74, 6) is 2.25. The molecule has 0 fully saturated rings. The molecule has 11 nitrogen and oxygen atoms in total. The number of methoxy groups -OCH3 is 3. The number of nitro benzene ring substituents is 1. The largest absolute Gasteiger partial charge is 0.493 e. The first-order chi connectivity index (χ1) is 17.9. The first kappa shape index (κ1) is 24.5. The number of nitro groups is 1. The lowest BCUT2D eigenvalue weighted by Gasteiger charge is -2.24. The predicted molar refractivity (Wildman–Crippen MR) is 135 cm³/mol. The fraction of sp³-hybridized carbons (Fsp3) is 0.280. The molecule has 1 unspecified atom stereocenters. The Morgan fingerprint density at radius 3 is 2.51 bits per heavy atom. The van der Waals surface area contributed by atoms with E-state index in [9.17, 15) is 14.9 Å². The van der Waals surface area contributed by atoms with E-state index in [1.54, 1.807) is 33.6 Å². The van der Waals surface area contributed by atoms with Crippen LogP contribution >= 0.6 is 11.8 Å². The van der Waals surface area contributed by atoms with Gasteiger partial charge in [-0.25, -0.2) is 9.50 Å². The van der Waals surface area contributed by atoms with Crippen molar-refractivity contribution in [3.8, 4) is 17.2 Å². The molecule has 0 amide bonds. The van der Waals surface area contributed by atoms with Gasteiger partial charge >= 0.3 is 0 Å². The molecule has 5 rings (SSSR count). The van der Waals surface area contributed by atoms with Crippen molar-refractivity contribution in [3.05, 3.63) is 75.1 Å². The van der Waals surface area contributed by atoms with E-state index in [1.165, 1.54) is 28.4 Å². The molecule has 4 aromatic rings. The van der Waals surface area contributed by atoms with Crippen molar-refractivity contribution in [1.29, 1.82) is 0 Å². The fourth-order valence-electron chi connectivity index (χ4n) is 4.41. The molecule has 0 aliphatic heterocycles. The van der Waals surface area contributed by atoms with Crippen LogP contribution < -0.4 is 14.2 Å². The summed E-state index contributed by atoms with van der Waals surface area (Å²) in [4.78, 5) is 32.8. The summed E-state index contributed by atoms with van der Waals surface area (Å²) >= 11 is 1.34. The summed E-state index contributed by atoms with van der Waals surface area (Å²) in [5.41, 5.74) is 2.90. The standard InChI is InChI=1S/C25H23N5O6S/c1-34-21-10-16(11-22(35-2)23(21)36-3)15-8-19-18(20(31)9-15)12-29-24(26-19)27-25(28-29)37-13-14-5-4-6-17(7-14)30(32)33/h4-7,10-12,15H,8-9,13H2,1-3H3. The maximum Gasteiger partial charge on any atom is 0.269 e. The lowest BCUT2D eigenvalue weighted by atomic mass is 9.82. The monoisotopic (exact) mass is 521 g/mol. The number of hydrogen-bond acceptors (Lipinski definition) is 10. The quantitative estimate of drug-likeness (QED) is 0.188. The Bertz CT molecular complexity index is 1500. The van der Waals surface area contributed by atoms with Crippen LogP contribution in [0.5, 0.6) is 17.2 Å². The topological polar surface area (TPSA) is 131 Å². The lowest BCUT2D eigenvalue weighted by molar-refractivity contribution is -0.384. The van der Waals surface area contributed by atoms with Crippen LogP contribution in [0.15, 0.2) is 47.8 Å². The third kappa shape index (κ3) is 4.79. The zero-order chi connectivity index (χ0) is 26.1. The first-order valence-electron chi connectivity index (χ1n) is 11.4. The number of carbonyl (C=O) groups excluding carboxylic acids is 1. The van der Waals surface area contributed by atoms with Crippen molar-refractivity contribution in [2.24, 2.45) is 0 Å². The Kier molecular flexibility index (Phi) is 6.66. The molecule has 0 radical (unpaired) electrons. The van der Waals surface area contributed by atoms with Crippen molar-refractivity contribution in [1.82, 2.24) is 19.6 Å². The van der Waals surface area contributed by atoms with Gasteiger partial charge in [-0.1, -0.05) is 23.9 Å². The average molecular weight is 522 g/mol. The molecule has 0 N–H and O–H groups in total. The summed E-state index contributed by atoms with van der Waals surface area (Å²) in [6, 6.07) is 10.2. The van der Waals surface area contributed by atoms with Crippen LogP contribution in [0.1, 0.15) is 39.5 Å². The molecule has 2 aromatic heterocycles. The molecular formula is C25H23N5O6S. The van der Waals surface area contributed by atoms with Gasteiger partial charge in [-0.3, -0.25) is 14.9 Å². The van der Waals surface area contributed by atoms with Crippen molar-refractivity contribution in [3.63, 3.8) is 0 Å². The maximum absolute atomic E-state index is 13.1. The van der Waals surface area contributed by atoms with Crippen LogP contribution in [-0.2, 0) is 12.2 Å². The molecule has 1 aliphatic rings. The van der Waals surface area contributed by atoms with Gasteiger partial charge in [-0.2, -0.15) is 4.98 Å². The SMILES string of the molecule is COc1cc(C2CC(=O)c3cn4nc(SCc5cccc([N+](=O)[O-])c5)nc4nc3C2)cc(OC)c1OC. The van der Waals surface area contributed by atoms with E-state index in [2.05, 4.69) is 15.1 Å². The number of non-ortho nitro benzene ring substituents is 1. The number of benzene rings is 2. The molecule has 2 aromatic carbocycles. The Morgan fingerprint density at radius 2 is 1.84 bits per heavy atom. The van der Waals surface area contributed by atoms with Crippen molar-refractivity contribution >= 4 is 29.0 Å². The Balaban J connectivity index is 1.40. The first-order valence-corrected chi connectivity index (χ1v) is 12.3. The molecule has 1 atom stereocenters. The number of ketones is 1. The van der Waals surface area contributed by atoms with Crippen molar-refractivity contribution in [2.75, 3.05) is 21.3 Å². The molecule has 12 heteroatoms. The molecule has 0 spiro atoms. The summed E-state index contributed by atoms with van der Waals surface area (Å²) in [6.07, 6.45) is 2.52. The molecule has 0 saturated carbocycles. The second-order valence-corrected chi connectivity index (χ2v) is 9.39. The van der Waals surface area contributed by atoms with Crippen LogP contribution in [0.25, 0.3) is 5.78 Å². The second-order valence-electron chi connectivity index (χ2n) is 8.44. The molecular weight excluding hydrogens is 498 g/mol. The molecule has 0 saturated heterocycles. The number of nitrogens with zero attached hydrogens (tertiary/aromatic N) is 5. The zero-order valence-corrected chi connectivity index (χ0v) is 21.2. The van der Waals surface area contributed by atoms with Crippen LogP contribution in [0.3, 0.4) is 0 Å². The Morgan fingerprint density at radius 1 is 1.08 bits per heavy atom. The lowest BCUT2D eigenvalue weighted by Crippen LogP contribution is -2.21. The zero-order valence-electron chi connectivity index (χ0n) is 20.3. The van der Waals surface area contributed by atoms with E-state index in [0.29, 0.717) is 58.0 Å². The van der Waals surface area contributed by atoms with Gasteiger partial charge in [0.25, 0.3) is 11.5 Å². The smallest absolute Gasteiger partial charge is 0.269 e. The van der Waals surface area contributed by atoms with Gasteiger partial charge in [0.2, 0.25) is 10.9 Å². The second kappa shape index (κ2) is 10.1. The van der Waals surface area contributed by atoms with E-state index in [-0.39, 0.29) is 17.4 Å². The van der Waals surface area contributed by atoms with E-state index in [0.717, 1.165) is 11.1 Å². The van der Waals surface area contributed by atoms with Crippen LogP contribution in [0, 0.1) is 10.1 Å². The molecule has 190 valence electrons. The number of thioether (sulfide) groups is 1. The van der Waals surface area contributed by atoms with Gasteiger partial charge in [-0.05, 0) is 35.6 Å². The Hall–Kier alpha value is -4.19. The minimum absolute atomic E-state index is 0.0318. The number of ether oxygens (including phenoxy) is 3. The van der Waals surface area contributed by atoms with Gasteiger partial charge in [-0.15, -0.1) is 5.10 Å². The van der Waals surface area contributed by atoms with Gasteiger partial charge in [0.15, 0.2) is 17.3 Å². The number of fused-ring (bicyclic) bond motifs is 2. The Labute approximate surface area is 215 Å². The van der Waals surface area contributed by atoms with Crippen LogP contribution in [0.4, 0.5) is 5.69 Å². The maximum atomic E-state index is 13.1. The summed E-state index contributed by atoms with van der Waals surface area (Å²) < 4.78 is 17.9. The van der Waals surface area contributed by atoms with E-state index < -0.39 is 4.92 Å². The molecule has 37 heavy (non-hydrogen) atoms. The number of rotatable bonds is 8. The van der Waals surface area contributed by atoms with E-state index in [1.807, 2.05) is 18.2 Å². The normalized spacial score (nSPS) is 14.9. The molecule has 1 aliphatic carbocycles. The van der Waals surface area contributed by atoms with Crippen LogP contribution in [-0.4, -0.2) is 51.6 Å². The van der Waals surface area contributed by atoms with Gasteiger partial charge < -0.3 is 14.2 Å². The highest BCUT2D eigenvalue weighted by atomic mass is 32.2. The number of carbonyl (C=O) groups is 1. The minimum Gasteiger partial charge on any atom is -0.493 e. The average Bonchev–Trinajstić information content (AvgIpc) is 3.31.